The van der Waals surface area contributed by atoms with Crippen molar-refractivity contribution in [3.63, 3.8) is 0 Å². The van der Waals surface area contributed by atoms with E-state index in [4.69, 9.17) is 14.2 Å². The molecule has 0 spiro atoms. The maximum Gasteiger partial charge on any atom is 0.232 e. The van der Waals surface area contributed by atoms with Gasteiger partial charge in [-0.3, -0.25) is 4.98 Å². The Kier molecular flexibility index (Phi) is 8.03. The topological polar surface area (TPSA) is 65.5 Å². The molecule has 0 saturated carbocycles. The van der Waals surface area contributed by atoms with Crippen LogP contribution in [0.15, 0.2) is 12.4 Å². The quantitative estimate of drug-likeness (QED) is 0.619. The van der Waals surface area contributed by atoms with E-state index in [1.807, 2.05) is 7.05 Å². The van der Waals surface area contributed by atoms with Gasteiger partial charge in [-0.05, 0) is 13.5 Å². The lowest BCUT2D eigenvalue weighted by molar-refractivity contribution is 0.0794. The highest BCUT2D eigenvalue weighted by atomic mass is 16.5. The fraction of sp³-hybridized carbons (Fsp3) is 0.667. The van der Waals surface area contributed by atoms with Crippen molar-refractivity contribution < 1.29 is 14.2 Å². The number of nitrogens with one attached hydrogen (secondary N) is 1. The fourth-order valence-electron chi connectivity index (χ4n) is 1.30. The average Bonchev–Trinajstić information content (AvgIpc) is 2.40. The maximum absolute atomic E-state index is 5.40. The molecule has 0 amide bonds. The van der Waals surface area contributed by atoms with Crippen molar-refractivity contribution in [3.8, 4) is 5.88 Å². The monoisotopic (exact) mass is 255 g/mol. The molecule has 1 aromatic heterocycles. The second-order valence-corrected chi connectivity index (χ2v) is 3.68. The van der Waals surface area contributed by atoms with E-state index in [1.54, 1.807) is 19.5 Å². The van der Waals surface area contributed by atoms with E-state index in [0.29, 0.717) is 32.2 Å². The number of aromatic nitrogens is 2. The third-order valence-corrected chi connectivity index (χ3v) is 2.15. The molecule has 1 heterocycles. The van der Waals surface area contributed by atoms with Crippen LogP contribution in [-0.2, 0) is 16.0 Å². The van der Waals surface area contributed by atoms with Gasteiger partial charge in [0, 0.05) is 26.9 Å². The lowest BCUT2D eigenvalue weighted by Gasteiger charge is -2.06. The van der Waals surface area contributed by atoms with Crippen molar-refractivity contribution in [1.82, 2.24) is 15.3 Å². The van der Waals surface area contributed by atoms with Crippen molar-refractivity contribution in [2.75, 3.05) is 40.6 Å². The molecule has 0 bridgehead atoms. The Morgan fingerprint density at radius 2 is 2.00 bits per heavy atom. The summed E-state index contributed by atoms with van der Waals surface area (Å²) in [6.45, 7) is 3.13. The van der Waals surface area contributed by atoms with Crippen LogP contribution in [0.1, 0.15) is 12.1 Å². The molecule has 0 aliphatic heterocycles. The first-order valence-electron chi connectivity index (χ1n) is 6.02. The summed E-state index contributed by atoms with van der Waals surface area (Å²) < 4.78 is 15.7. The largest absolute Gasteiger partial charge is 0.474 e. The Hall–Kier alpha value is -1.24. The van der Waals surface area contributed by atoms with Gasteiger partial charge in [0.05, 0.1) is 24.7 Å². The summed E-state index contributed by atoms with van der Waals surface area (Å²) in [5.74, 6) is 0.523. The van der Waals surface area contributed by atoms with Crippen LogP contribution in [0.3, 0.4) is 0 Å². The fourth-order valence-corrected chi connectivity index (χ4v) is 1.30. The number of nitrogens with zero attached hydrogens (tertiary/aromatic N) is 2. The van der Waals surface area contributed by atoms with Crippen molar-refractivity contribution in [2.24, 2.45) is 0 Å². The molecule has 1 N–H and O–H groups in total. The molecule has 1 rings (SSSR count). The highest BCUT2D eigenvalue weighted by Crippen LogP contribution is 2.03. The van der Waals surface area contributed by atoms with E-state index in [2.05, 4.69) is 15.3 Å². The van der Waals surface area contributed by atoms with E-state index < -0.39 is 0 Å². The number of hydrogen-bond donors (Lipinski definition) is 1. The Morgan fingerprint density at radius 3 is 2.67 bits per heavy atom. The molecule has 18 heavy (non-hydrogen) atoms. The van der Waals surface area contributed by atoms with Crippen LogP contribution >= 0.6 is 0 Å². The third kappa shape index (κ3) is 6.48. The highest BCUT2D eigenvalue weighted by Gasteiger charge is 1.98. The first-order chi connectivity index (χ1) is 8.86. The zero-order chi connectivity index (χ0) is 13.1. The van der Waals surface area contributed by atoms with Gasteiger partial charge in [-0.25, -0.2) is 4.98 Å². The molecule has 0 saturated heterocycles. The standard InChI is InChI=1S/C12H21N3O3/c1-13-8-11-9-15-12(10-14-11)18-7-6-17-5-3-4-16-2/h9-10,13H,3-8H2,1-2H3. The average molecular weight is 255 g/mol. The zero-order valence-electron chi connectivity index (χ0n) is 11.0. The van der Waals surface area contributed by atoms with Crippen molar-refractivity contribution in [1.29, 1.82) is 0 Å². The van der Waals surface area contributed by atoms with Gasteiger partial charge in [-0.1, -0.05) is 0 Å². The van der Waals surface area contributed by atoms with Gasteiger partial charge in [-0.15, -0.1) is 0 Å². The minimum absolute atomic E-state index is 0.479. The van der Waals surface area contributed by atoms with Crippen molar-refractivity contribution >= 4 is 0 Å². The summed E-state index contributed by atoms with van der Waals surface area (Å²) in [5, 5.41) is 3.01. The molecule has 0 atom stereocenters. The third-order valence-electron chi connectivity index (χ3n) is 2.15. The Bertz CT molecular complexity index is 306. The summed E-state index contributed by atoms with van der Waals surface area (Å²) in [6, 6.07) is 0. The second-order valence-electron chi connectivity index (χ2n) is 3.68. The molecule has 6 heteroatoms. The van der Waals surface area contributed by atoms with Gasteiger partial charge in [0.25, 0.3) is 0 Å². The van der Waals surface area contributed by atoms with Crippen LogP contribution in [0.2, 0.25) is 0 Å². The van der Waals surface area contributed by atoms with E-state index in [-0.39, 0.29) is 0 Å². The van der Waals surface area contributed by atoms with Gasteiger partial charge >= 0.3 is 0 Å². The lowest BCUT2D eigenvalue weighted by Crippen LogP contribution is -2.10. The Morgan fingerprint density at radius 1 is 1.11 bits per heavy atom. The first-order valence-corrected chi connectivity index (χ1v) is 6.02. The van der Waals surface area contributed by atoms with Gasteiger partial charge in [0.1, 0.15) is 6.61 Å². The number of ether oxygens (including phenoxy) is 3. The molecule has 6 nitrogen and oxygen atoms in total. The van der Waals surface area contributed by atoms with E-state index >= 15 is 0 Å². The first kappa shape index (κ1) is 14.8. The van der Waals surface area contributed by atoms with Gasteiger partial charge in [0.2, 0.25) is 5.88 Å². The molecule has 0 radical (unpaired) electrons. The van der Waals surface area contributed by atoms with Crippen LogP contribution in [0, 0.1) is 0 Å². The van der Waals surface area contributed by atoms with Gasteiger partial charge in [0.15, 0.2) is 0 Å². The molecule has 102 valence electrons. The number of rotatable bonds is 10. The van der Waals surface area contributed by atoms with Gasteiger partial charge < -0.3 is 19.5 Å². The number of hydrogen-bond acceptors (Lipinski definition) is 6. The Balaban J connectivity index is 2.08. The van der Waals surface area contributed by atoms with E-state index in [1.165, 1.54) is 0 Å². The van der Waals surface area contributed by atoms with Crippen LogP contribution in [0.5, 0.6) is 5.88 Å². The summed E-state index contributed by atoms with van der Waals surface area (Å²) in [6.07, 6.45) is 4.22. The molecule has 0 unspecified atom stereocenters. The maximum atomic E-state index is 5.40. The minimum Gasteiger partial charge on any atom is -0.474 e. The van der Waals surface area contributed by atoms with E-state index in [9.17, 15) is 0 Å². The molecular formula is C12H21N3O3. The van der Waals surface area contributed by atoms with Crippen LogP contribution < -0.4 is 10.1 Å². The predicted molar refractivity (Wildman–Crippen MR) is 67.6 cm³/mol. The second kappa shape index (κ2) is 9.76. The van der Waals surface area contributed by atoms with Gasteiger partial charge in [-0.2, -0.15) is 0 Å². The van der Waals surface area contributed by atoms with E-state index in [0.717, 1.165) is 18.7 Å². The highest BCUT2D eigenvalue weighted by molar-refractivity contribution is 5.06. The normalized spacial score (nSPS) is 10.6. The van der Waals surface area contributed by atoms with Crippen LogP contribution in [-0.4, -0.2) is 50.6 Å². The molecule has 0 aliphatic rings. The Labute approximate surface area is 108 Å². The SMILES string of the molecule is CNCc1cnc(OCCOCCCOC)cn1. The van der Waals surface area contributed by atoms with Crippen LogP contribution in [0.4, 0.5) is 0 Å². The predicted octanol–water partition coefficient (Wildman–Crippen LogP) is 0.628. The summed E-state index contributed by atoms with van der Waals surface area (Å²) in [4.78, 5) is 8.34. The van der Waals surface area contributed by atoms with Crippen LogP contribution in [0.25, 0.3) is 0 Å². The summed E-state index contributed by atoms with van der Waals surface area (Å²) in [5.41, 5.74) is 0.890. The minimum atomic E-state index is 0.479. The van der Waals surface area contributed by atoms with Crippen molar-refractivity contribution in [2.45, 2.75) is 13.0 Å². The summed E-state index contributed by atoms with van der Waals surface area (Å²) >= 11 is 0. The smallest absolute Gasteiger partial charge is 0.232 e. The van der Waals surface area contributed by atoms with Crippen molar-refractivity contribution in [3.05, 3.63) is 18.1 Å². The molecule has 0 aromatic carbocycles. The molecule has 0 fully saturated rings. The molecule has 1 aromatic rings. The molecule has 0 aliphatic carbocycles. The lowest BCUT2D eigenvalue weighted by atomic mass is 10.4. The molecular weight excluding hydrogens is 234 g/mol. The summed E-state index contributed by atoms with van der Waals surface area (Å²) in [7, 11) is 3.55. The zero-order valence-corrected chi connectivity index (χ0v) is 11.0. The number of methoxy groups -OCH3 is 1.